The summed E-state index contributed by atoms with van der Waals surface area (Å²) in [5, 5.41) is 12.4. The number of aliphatic hydroxyl groups excluding tert-OH is 1. The number of carbonyl (C=O) groups excluding carboxylic acids is 1. The van der Waals surface area contributed by atoms with E-state index in [1.54, 1.807) is 0 Å². The molecule has 5 nitrogen and oxygen atoms in total. The van der Waals surface area contributed by atoms with Gasteiger partial charge in [0.2, 0.25) is 6.29 Å². The van der Waals surface area contributed by atoms with Crippen molar-refractivity contribution in [3.05, 3.63) is 82.6 Å². The Hall–Kier alpha value is -3.07. The lowest BCUT2D eigenvalue weighted by Gasteiger charge is -2.30. The van der Waals surface area contributed by atoms with Gasteiger partial charge in [-0.2, -0.15) is 0 Å². The highest BCUT2D eigenvalue weighted by Crippen LogP contribution is 2.32. The fourth-order valence-electron chi connectivity index (χ4n) is 4.41. The van der Waals surface area contributed by atoms with Crippen molar-refractivity contribution in [2.75, 3.05) is 0 Å². The lowest BCUT2D eigenvalue weighted by molar-refractivity contribution is -0.150. The third-order valence-electron chi connectivity index (χ3n) is 6.37. The molecule has 0 spiro atoms. The third kappa shape index (κ3) is 6.25. The molecule has 1 heterocycles. The summed E-state index contributed by atoms with van der Waals surface area (Å²) in [6.45, 7) is 0.369. The molecule has 1 fully saturated rings. The number of aliphatic hydroxyl groups is 1. The van der Waals surface area contributed by atoms with Gasteiger partial charge in [-0.25, -0.2) is 0 Å². The van der Waals surface area contributed by atoms with E-state index in [1.807, 2.05) is 54.6 Å². The van der Waals surface area contributed by atoms with Gasteiger partial charge in [0, 0.05) is 23.9 Å². The summed E-state index contributed by atoms with van der Waals surface area (Å²) in [5.41, 5.74) is 3.73. The number of carbonyl (C=O) groups is 1. The van der Waals surface area contributed by atoms with Gasteiger partial charge in [-0.3, -0.25) is 4.79 Å². The Balaban J connectivity index is 1.47. The number of nitrogens with one attached hydrogen (secondary N) is 1. The first-order chi connectivity index (χ1) is 16.1. The highest BCUT2D eigenvalue weighted by Gasteiger charge is 2.30. The zero-order valence-corrected chi connectivity index (χ0v) is 18.8. The van der Waals surface area contributed by atoms with E-state index in [2.05, 4.69) is 11.2 Å². The molecule has 0 aromatic heterocycles. The van der Waals surface area contributed by atoms with Crippen molar-refractivity contribution in [3.63, 3.8) is 0 Å². The summed E-state index contributed by atoms with van der Waals surface area (Å²) >= 11 is 0. The summed E-state index contributed by atoms with van der Waals surface area (Å²) in [4.78, 5) is 13.0. The maximum absolute atomic E-state index is 13.0. The predicted molar refractivity (Wildman–Crippen MR) is 127 cm³/mol. The monoisotopic (exact) mass is 445 g/mol. The maximum atomic E-state index is 13.0. The minimum atomic E-state index is -0.545. The van der Waals surface area contributed by atoms with Crippen molar-refractivity contribution >= 4 is 5.91 Å². The van der Waals surface area contributed by atoms with E-state index in [0.717, 1.165) is 47.9 Å². The van der Waals surface area contributed by atoms with Crippen molar-refractivity contribution in [3.8, 4) is 12.3 Å². The molecule has 1 saturated carbocycles. The van der Waals surface area contributed by atoms with Crippen molar-refractivity contribution in [2.24, 2.45) is 0 Å². The van der Waals surface area contributed by atoms with Crippen LogP contribution in [0.15, 0.2) is 60.4 Å². The Bertz CT molecular complexity index is 998. The van der Waals surface area contributed by atoms with Crippen LogP contribution < -0.4 is 5.32 Å². The highest BCUT2D eigenvalue weighted by atomic mass is 16.7. The summed E-state index contributed by atoms with van der Waals surface area (Å²) in [6.07, 6.45) is 13.0. The normalized spacial score (nSPS) is 20.9. The quantitative estimate of drug-likeness (QED) is 0.614. The molecule has 33 heavy (non-hydrogen) atoms. The number of amides is 1. The molecular formula is C28H31NO4. The van der Waals surface area contributed by atoms with E-state index in [9.17, 15) is 9.90 Å². The van der Waals surface area contributed by atoms with Crippen molar-refractivity contribution in [1.29, 1.82) is 0 Å². The number of terminal acetylenes is 1. The minimum absolute atomic E-state index is 0.0112. The van der Waals surface area contributed by atoms with Crippen LogP contribution in [0.3, 0.4) is 0 Å². The highest BCUT2D eigenvalue weighted by molar-refractivity contribution is 5.92. The van der Waals surface area contributed by atoms with Gasteiger partial charge in [0.05, 0.1) is 13.2 Å². The number of rotatable bonds is 7. The lowest BCUT2D eigenvalue weighted by atomic mass is 9.92. The Labute approximate surface area is 195 Å². The molecule has 2 aromatic carbocycles. The Morgan fingerprint density at radius 1 is 1.06 bits per heavy atom. The first kappa shape index (κ1) is 23.1. The lowest BCUT2D eigenvalue weighted by Crippen LogP contribution is -2.39. The van der Waals surface area contributed by atoms with Crippen LogP contribution in [-0.4, -0.2) is 23.3 Å². The average molecular weight is 446 g/mol. The Kier molecular flexibility index (Phi) is 7.83. The molecule has 1 aliphatic carbocycles. The number of benzene rings is 2. The molecule has 1 amide bonds. The van der Waals surface area contributed by atoms with E-state index in [-0.39, 0.29) is 24.5 Å². The number of hydrogen-bond acceptors (Lipinski definition) is 4. The largest absolute Gasteiger partial charge is 0.459 e. The molecule has 2 atom stereocenters. The SMILES string of the molecule is C#Cc1ccc([C@@H]2C=C(C(=O)NC3CCCCC3)O[C@H](OCc3ccc(CO)cc3)C2)cc1. The van der Waals surface area contributed by atoms with Gasteiger partial charge in [0.1, 0.15) is 0 Å². The second-order valence-electron chi connectivity index (χ2n) is 8.78. The third-order valence-corrected chi connectivity index (χ3v) is 6.37. The molecule has 4 rings (SSSR count). The van der Waals surface area contributed by atoms with E-state index in [0.29, 0.717) is 18.8 Å². The smallest absolute Gasteiger partial charge is 0.286 e. The van der Waals surface area contributed by atoms with Crippen molar-refractivity contribution < 1.29 is 19.4 Å². The molecule has 0 bridgehead atoms. The average Bonchev–Trinajstić information content (AvgIpc) is 2.88. The molecule has 2 N–H and O–H groups in total. The van der Waals surface area contributed by atoms with Crippen LogP contribution in [0.25, 0.3) is 0 Å². The summed E-state index contributed by atoms with van der Waals surface area (Å²) in [5.74, 6) is 2.77. The molecule has 2 aliphatic rings. The standard InChI is InChI=1S/C28H31NO4/c1-2-20-12-14-23(15-13-20)24-16-26(28(31)29-25-6-4-3-5-7-25)33-27(17-24)32-19-22-10-8-21(18-30)9-11-22/h1,8-16,24-25,27,30H,3-7,17-19H2,(H,29,31)/t24-,27+/m1/s1. The first-order valence-corrected chi connectivity index (χ1v) is 11.7. The number of allylic oxidation sites excluding steroid dienone is 1. The van der Waals surface area contributed by atoms with Gasteiger partial charge in [-0.15, -0.1) is 6.42 Å². The Morgan fingerprint density at radius 2 is 1.76 bits per heavy atom. The molecule has 1 aliphatic heterocycles. The molecule has 0 saturated heterocycles. The van der Waals surface area contributed by atoms with Gasteiger partial charge in [0.15, 0.2) is 5.76 Å². The molecule has 172 valence electrons. The zero-order valence-electron chi connectivity index (χ0n) is 18.8. The zero-order chi connectivity index (χ0) is 23.0. The van der Waals surface area contributed by atoms with Gasteiger partial charge < -0.3 is 19.9 Å². The van der Waals surface area contributed by atoms with Crippen LogP contribution in [0.4, 0.5) is 0 Å². The fraction of sp³-hybridized carbons (Fsp3) is 0.393. The van der Waals surface area contributed by atoms with Crippen LogP contribution in [-0.2, 0) is 27.5 Å². The van der Waals surface area contributed by atoms with Crippen LogP contribution in [0.5, 0.6) is 0 Å². The molecular weight excluding hydrogens is 414 g/mol. The molecule has 0 radical (unpaired) electrons. The second kappa shape index (κ2) is 11.2. The van der Waals surface area contributed by atoms with Crippen LogP contribution in [0.1, 0.15) is 66.7 Å². The maximum Gasteiger partial charge on any atom is 0.286 e. The van der Waals surface area contributed by atoms with Crippen LogP contribution in [0.2, 0.25) is 0 Å². The molecule has 0 unspecified atom stereocenters. The minimum Gasteiger partial charge on any atom is -0.459 e. The van der Waals surface area contributed by atoms with E-state index < -0.39 is 6.29 Å². The van der Waals surface area contributed by atoms with E-state index >= 15 is 0 Å². The summed E-state index contributed by atoms with van der Waals surface area (Å²) in [6, 6.07) is 15.6. The summed E-state index contributed by atoms with van der Waals surface area (Å²) < 4.78 is 12.1. The van der Waals surface area contributed by atoms with Gasteiger partial charge >= 0.3 is 0 Å². The second-order valence-corrected chi connectivity index (χ2v) is 8.78. The first-order valence-electron chi connectivity index (χ1n) is 11.7. The number of ether oxygens (including phenoxy) is 2. The summed E-state index contributed by atoms with van der Waals surface area (Å²) in [7, 11) is 0. The predicted octanol–water partition coefficient (Wildman–Crippen LogP) is 4.54. The van der Waals surface area contributed by atoms with Crippen molar-refractivity contribution in [2.45, 2.75) is 70.0 Å². The van der Waals surface area contributed by atoms with E-state index in [1.165, 1.54) is 6.42 Å². The Morgan fingerprint density at radius 3 is 2.42 bits per heavy atom. The molecule has 5 heteroatoms. The van der Waals surface area contributed by atoms with Crippen LogP contribution in [0, 0.1) is 12.3 Å². The van der Waals surface area contributed by atoms with Gasteiger partial charge in [-0.05, 0) is 47.7 Å². The van der Waals surface area contributed by atoms with Gasteiger partial charge in [0.25, 0.3) is 5.91 Å². The van der Waals surface area contributed by atoms with Crippen molar-refractivity contribution in [1.82, 2.24) is 5.32 Å². The topological polar surface area (TPSA) is 67.8 Å². The fourth-order valence-corrected chi connectivity index (χ4v) is 4.41. The molecule has 2 aromatic rings. The number of hydrogen-bond donors (Lipinski definition) is 2. The van der Waals surface area contributed by atoms with Gasteiger partial charge in [-0.1, -0.05) is 61.6 Å². The van der Waals surface area contributed by atoms with E-state index in [4.69, 9.17) is 15.9 Å². The van der Waals surface area contributed by atoms with Crippen LogP contribution >= 0.6 is 0 Å².